The van der Waals surface area contributed by atoms with Crippen molar-refractivity contribution in [2.24, 2.45) is 4.99 Å². The van der Waals surface area contributed by atoms with Gasteiger partial charge in [0.2, 0.25) is 0 Å². The number of carbonyl (C=O) groups is 1. The summed E-state index contributed by atoms with van der Waals surface area (Å²) in [4.78, 5) is 32.0. The van der Waals surface area contributed by atoms with Crippen molar-refractivity contribution in [3.05, 3.63) is 108 Å². The number of allylic oxidation sites excluding steroid dienone is 2. The molecule has 0 saturated carbocycles. The Morgan fingerprint density at radius 2 is 1.76 bits per heavy atom. The molecule has 8 heteroatoms. The van der Waals surface area contributed by atoms with Crippen LogP contribution in [0.5, 0.6) is 11.5 Å². The Morgan fingerprint density at radius 3 is 2.42 bits per heavy atom. The van der Waals surface area contributed by atoms with Gasteiger partial charge in [-0.2, -0.15) is 0 Å². The fourth-order valence-corrected chi connectivity index (χ4v) is 6.20. The number of thiazole rings is 1. The number of Topliss-reactive ketones (excluding diaryl/α,β-unsaturated/α-hetero) is 1. The van der Waals surface area contributed by atoms with Gasteiger partial charge in [-0.25, -0.2) is 4.99 Å². The molecule has 0 spiro atoms. The summed E-state index contributed by atoms with van der Waals surface area (Å²) < 4.78 is 15.4. The van der Waals surface area contributed by atoms with E-state index in [2.05, 4.69) is 34.7 Å². The number of carbonyl (C=O) groups excluding carboxylic acids is 1. The number of aryl methyl sites for hydroxylation is 1. The lowest BCUT2D eigenvalue weighted by Crippen LogP contribution is -2.39. The highest BCUT2D eigenvalue weighted by molar-refractivity contribution is 7.07. The van der Waals surface area contributed by atoms with Crippen LogP contribution in [0.3, 0.4) is 0 Å². The van der Waals surface area contributed by atoms with Gasteiger partial charge in [0.05, 0.1) is 24.8 Å². The summed E-state index contributed by atoms with van der Waals surface area (Å²) in [6.07, 6.45) is 1.92. The Balaban J connectivity index is 1.73. The number of ketones is 1. The standard InChI is InChI=1S/C30H29N3O4S/c1-17-14-21(19(3)32(17)22-10-8-7-9-11-22)15-26-29(35)33-28(24-13-12-23(36-5)16-25(24)37-6)27(20(4)34)18(2)31-30(33)38-26/h7-16,28H,1-6H3/b26-15-/t28-/m0/s1. The molecule has 0 radical (unpaired) electrons. The van der Waals surface area contributed by atoms with E-state index in [1.165, 1.54) is 18.3 Å². The molecule has 1 atom stereocenters. The van der Waals surface area contributed by atoms with Gasteiger partial charge in [-0.15, -0.1) is 0 Å². The minimum Gasteiger partial charge on any atom is -0.497 e. The average Bonchev–Trinajstić information content (AvgIpc) is 3.36. The normalized spacial score (nSPS) is 15.3. The molecule has 3 heterocycles. The fourth-order valence-electron chi connectivity index (χ4n) is 5.16. The highest BCUT2D eigenvalue weighted by Crippen LogP contribution is 2.37. The molecule has 194 valence electrons. The van der Waals surface area contributed by atoms with Gasteiger partial charge in [-0.1, -0.05) is 29.5 Å². The number of rotatable bonds is 6. The Labute approximate surface area is 224 Å². The smallest absolute Gasteiger partial charge is 0.271 e. The van der Waals surface area contributed by atoms with Crippen LogP contribution in [-0.2, 0) is 4.79 Å². The first-order valence-corrected chi connectivity index (χ1v) is 13.1. The highest BCUT2D eigenvalue weighted by atomic mass is 32.1. The second-order valence-corrected chi connectivity index (χ2v) is 10.3. The first-order valence-electron chi connectivity index (χ1n) is 12.2. The maximum Gasteiger partial charge on any atom is 0.271 e. The predicted molar refractivity (Wildman–Crippen MR) is 149 cm³/mol. The number of benzene rings is 2. The van der Waals surface area contributed by atoms with E-state index in [9.17, 15) is 9.59 Å². The third-order valence-corrected chi connectivity index (χ3v) is 7.89. The zero-order valence-electron chi connectivity index (χ0n) is 22.2. The first-order chi connectivity index (χ1) is 18.2. The lowest BCUT2D eigenvalue weighted by molar-refractivity contribution is -0.114. The van der Waals surface area contributed by atoms with E-state index in [1.807, 2.05) is 44.2 Å². The average molecular weight is 528 g/mol. The van der Waals surface area contributed by atoms with Crippen molar-refractivity contribution >= 4 is 23.2 Å². The van der Waals surface area contributed by atoms with Crippen molar-refractivity contribution in [1.82, 2.24) is 9.13 Å². The number of ether oxygens (including phenoxy) is 2. The van der Waals surface area contributed by atoms with Gasteiger partial charge in [0.25, 0.3) is 5.56 Å². The van der Waals surface area contributed by atoms with Crippen LogP contribution in [0, 0.1) is 13.8 Å². The lowest BCUT2D eigenvalue weighted by Gasteiger charge is -2.26. The second kappa shape index (κ2) is 9.95. The summed E-state index contributed by atoms with van der Waals surface area (Å²) in [5.74, 6) is 1.01. The molecule has 1 aliphatic heterocycles. The number of methoxy groups -OCH3 is 2. The van der Waals surface area contributed by atoms with Gasteiger partial charge in [0.1, 0.15) is 11.5 Å². The van der Waals surface area contributed by atoms with Crippen molar-refractivity contribution < 1.29 is 14.3 Å². The molecule has 38 heavy (non-hydrogen) atoms. The van der Waals surface area contributed by atoms with E-state index in [-0.39, 0.29) is 11.3 Å². The third-order valence-electron chi connectivity index (χ3n) is 6.91. The van der Waals surface area contributed by atoms with Crippen LogP contribution < -0.4 is 24.4 Å². The molecule has 0 N–H and O–H groups in total. The van der Waals surface area contributed by atoms with E-state index in [4.69, 9.17) is 9.47 Å². The molecule has 0 unspecified atom stereocenters. The monoisotopic (exact) mass is 527 g/mol. The number of nitrogens with zero attached hydrogens (tertiary/aromatic N) is 3. The molecule has 0 bridgehead atoms. The highest BCUT2D eigenvalue weighted by Gasteiger charge is 2.32. The van der Waals surface area contributed by atoms with Crippen molar-refractivity contribution in [1.29, 1.82) is 0 Å². The summed E-state index contributed by atoms with van der Waals surface area (Å²) >= 11 is 1.32. The minimum absolute atomic E-state index is 0.144. The quantitative estimate of drug-likeness (QED) is 0.376. The van der Waals surface area contributed by atoms with Gasteiger partial charge < -0.3 is 14.0 Å². The fraction of sp³-hybridized carbons (Fsp3) is 0.233. The molecule has 7 nitrogen and oxygen atoms in total. The van der Waals surface area contributed by atoms with Crippen LogP contribution in [0.2, 0.25) is 0 Å². The van der Waals surface area contributed by atoms with Crippen LogP contribution in [0.1, 0.15) is 42.4 Å². The Morgan fingerprint density at radius 1 is 1.03 bits per heavy atom. The van der Waals surface area contributed by atoms with Gasteiger partial charge in [-0.05, 0) is 69.7 Å². The summed E-state index contributed by atoms with van der Waals surface area (Å²) in [7, 11) is 3.14. The second-order valence-electron chi connectivity index (χ2n) is 9.24. The molecule has 0 amide bonds. The largest absolute Gasteiger partial charge is 0.497 e. The van der Waals surface area contributed by atoms with Crippen molar-refractivity contribution in [2.75, 3.05) is 14.2 Å². The Bertz CT molecular complexity index is 1770. The van der Waals surface area contributed by atoms with E-state index in [0.717, 1.165) is 22.6 Å². The summed E-state index contributed by atoms with van der Waals surface area (Å²) in [6.45, 7) is 7.42. The molecule has 2 aromatic carbocycles. The van der Waals surface area contributed by atoms with Gasteiger partial charge >= 0.3 is 0 Å². The van der Waals surface area contributed by atoms with Crippen LogP contribution in [-0.4, -0.2) is 29.1 Å². The molecule has 2 aromatic heterocycles. The lowest BCUT2D eigenvalue weighted by atomic mass is 9.92. The van der Waals surface area contributed by atoms with Crippen molar-refractivity contribution in [3.63, 3.8) is 0 Å². The van der Waals surface area contributed by atoms with E-state index in [0.29, 0.717) is 37.7 Å². The molecular weight excluding hydrogens is 498 g/mol. The number of hydrogen-bond donors (Lipinski definition) is 0. The summed E-state index contributed by atoms with van der Waals surface area (Å²) in [6, 6.07) is 17.0. The van der Waals surface area contributed by atoms with Gasteiger partial charge in [-0.3, -0.25) is 14.2 Å². The molecule has 5 rings (SSSR count). The summed E-state index contributed by atoms with van der Waals surface area (Å²) in [5, 5.41) is 0. The molecule has 0 fully saturated rings. The molecule has 0 saturated heterocycles. The molecule has 4 aromatic rings. The number of hydrogen-bond acceptors (Lipinski definition) is 6. The third kappa shape index (κ3) is 4.20. The SMILES string of the molecule is COc1ccc([C@H]2C(C(C)=O)=C(C)N=c3s/c(=C\c4cc(C)n(-c5ccccc5)c4C)c(=O)n32)c(OC)c1. The Kier molecular flexibility index (Phi) is 6.67. The Hall–Kier alpha value is -4.17. The maximum absolute atomic E-state index is 13.9. The predicted octanol–water partition coefficient (Wildman–Crippen LogP) is 4.25. The first kappa shape index (κ1) is 25.5. The summed E-state index contributed by atoms with van der Waals surface area (Å²) in [5.41, 5.74) is 5.69. The van der Waals surface area contributed by atoms with E-state index in [1.54, 1.807) is 30.9 Å². The zero-order valence-corrected chi connectivity index (χ0v) is 23.1. The number of para-hydroxylation sites is 1. The van der Waals surface area contributed by atoms with Crippen LogP contribution >= 0.6 is 11.3 Å². The molecular formula is C30H29N3O4S. The van der Waals surface area contributed by atoms with Crippen molar-refractivity contribution in [3.8, 4) is 17.2 Å². The van der Waals surface area contributed by atoms with E-state index >= 15 is 0 Å². The van der Waals surface area contributed by atoms with E-state index < -0.39 is 6.04 Å². The van der Waals surface area contributed by atoms with Gasteiger partial charge in [0.15, 0.2) is 10.6 Å². The van der Waals surface area contributed by atoms with Crippen LogP contribution in [0.4, 0.5) is 0 Å². The number of fused-ring (bicyclic) bond motifs is 1. The van der Waals surface area contributed by atoms with Crippen LogP contribution in [0.15, 0.2) is 75.7 Å². The minimum atomic E-state index is -0.663. The van der Waals surface area contributed by atoms with Crippen LogP contribution in [0.25, 0.3) is 11.8 Å². The molecule has 1 aliphatic rings. The maximum atomic E-state index is 13.9. The zero-order chi connectivity index (χ0) is 27.1. The number of aromatic nitrogens is 2. The molecule has 0 aliphatic carbocycles. The van der Waals surface area contributed by atoms with Gasteiger partial charge in [0, 0.05) is 40.0 Å². The van der Waals surface area contributed by atoms with Crippen molar-refractivity contribution in [2.45, 2.75) is 33.7 Å². The topological polar surface area (TPSA) is 74.8 Å².